The first kappa shape index (κ1) is 15.4. The number of hydrogen-bond acceptors (Lipinski definition) is 0. The quantitative estimate of drug-likeness (QED) is 0.586. The van der Waals surface area contributed by atoms with Crippen molar-refractivity contribution >= 4 is 81.2 Å². The van der Waals surface area contributed by atoms with E-state index in [4.69, 9.17) is 81.2 Å². The van der Waals surface area contributed by atoms with Gasteiger partial charge in [-0.05, 0) is 0 Å². The van der Waals surface area contributed by atoms with Gasteiger partial charge in [0.2, 0.25) is 0 Å². The van der Waals surface area contributed by atoms with Crippen LogP contribution >= 0.6 is 81.2 Å². The predicted octanol–water partition coefficient (Wildman–Crippen LogP) is 5.09. The maximum Gasteiger partial charge on any atom is 0.114 e. The Morgan fingerprint density at radius 1 is 1.00 bits per heavy atom. The summed E-state index contributed by atoms with van der Waals surface area (Å²) in [5.41, 5.74) is -1.22. The molecule has 2 aliphatic carbocycles. The molecule has 0 nitrogen and oxygen atoms in total. The summed E-state index contributed by atoms with van der Waals surface area (Å²) in [6.45, 7) is 1.93. The monoisotopic (exact) mass is 376 g/mol. The van der Waals surface area contributed by atoms with E-state index in [2.05, 4.69) is 0 Å². The first-order valence-electron chi connectivity index (χ1n) is 5.17. The van der Waals surface area contributed by atoms with Crippen molar-refractivity contribution in [2.45, 2.75) is 33.3 Å². The third kappa shape index (κ3) is 1.59. The lowest BCUT2D eigenvalue weighted by Crippen LogP contribution is -2.50. The molecule has 0 N–H and O–H groups in total. The Morgan fingerprint density at radius 2 is 1.41 bits per heavy atom. The molecule has 7 heteroatoms. The molecule has 100 valence electrons. The molecule has 2 rings (SSSR count). The fraction of sp³-hybridized carbons (Fsp3) is 1.00. The van der Waals surface area contributed by atoms with Gasteiger partial charge in [-0.3, -0.25) is 0 Å². The fourth-order valence-electron chi connectivity index (χ4n) is 3.47. The number of rotatable bonds is 2. The SMILES string of the molecule is CC1(C(Cl)Cl)C2[C@H](Cl)[C@@H](Cl)C1(CCl)[C@H](Cl)[C@H]2Cl. The Balaban J connectivity index is 2.61. The fourth-order valence-corrected chi connectivity index (χ4v) is 7.58. The largest absolute Gasteiger partial charge is 0.126 e. The molecule has 0 saturated heterocycles. The van der Waals surface area contributed by atoms with Crippen LogP contribution in [0.3, 0.4) is 0 Å². The highest BCUT2D eigenvalue weighted by molar-refractivity contribution is 6.46. The van der Waals surface area contributed by atoms with Gasteiger partial charge in [-0.2, -0.15) is 0 Å². The molecule has 0 aromatic heterocycles. The zero-order valence-electron chi connectivity index (χ0n) is 8.82. The maximum absolute atomic E-state index is 6.43. The molecule has 0 spiro atoms. The Labute approximate surface area is 136 Å². The third-order valence-corrected chi connectivity index (χ3v) is 8.57. The Bertz CT molecular complexity index is 304. The molecular weight excluding hydrogens is 368 g/mol. The maximum atomic E-state index is 6.43. The molecular formula is C10H11Cl7. The minimum Gasteiger partial charge on any atom is -0.126 e. The van der Waals surface area contributed by atoms with E-state index >= 15 is 0 Å². The number of halogens is 7. The molecule has 2 aliphatic rings. The van der Waals surface area contributed by atoms with Crippen molar-refractivity contribution in [2.24, 2.45) is 16.7 Å². The van der Waals surface area contributed by atoms with Crippen molar-refractivity contribution in [2.75, 3.05) is 5.88 Å². The van der Waals surface area contributed by atoms with Crippen LogP contribution in [0, 0.1) is 16.7 Å². The van der Waals surface area contributed by atoms with E-state index in [1.165, 1.54) is 0 Å². The summed E-state index contributed by atoms with van der Waals surface area (Å²) >= 11 is 44.0. The van der Waals surface area contributed by atoms with Crippen LogP contribution in [0.15, 0.2) is 0 Å². The second kappa shape index (κ2) is 4.79. The van der Waals surface area contributed by atoms with Crippen LogP contribution in [-0.2, 0) is 0 Å². The molecule has 0 aromatic rings. The van der Waals surface area contributed by atoms with Crippen molar-refractivity contribution in [3.63, 3.8) is 0 Å². The third-order valence-electron chi connectivity index (χ3n) is 4.60. The van der Waals surface area contributed by atoms with Crippen LogP contribution in [0.5, 0.6) is 0 Å². The van der Waals surface area contributed by atoms with E-state index in [1.807, 2.05) is 6.92 Å². The first-order chi connectivity index (χ1) is 7.76. The van der Waals surface area contributed by atoms with Gasteiger partial charge in [0.15, 0.2) is 0 Å². The minimum atomic E-state index is -0.666. The Hall–Kier alpha value is 2.03. The van der Waals surface area contributed by atoms with Crippen molar-refractivity contribution in [3.05, 3.63) is 0 Å². The Kier molecular flexibility index (Phi) is 4.35. The van der Waals surface area contributed by atoms with Gasteiger partial charge in [0.05, 0.1) is 21.5 Å². The van der Waals surface area contributed by atoms with Gasteiger partial charge in [0.1, 0.15) is 4.84 Å². The summed E-state index contributed by atoms with van der Waals surface area (Å²) in [6, 6.07) is 0. The van der Waals surface area contributed by atoms with E-state index in [9.17, 15) is 0 Å². The van der Waals surface area contributed by atoms with Gasteiger partial charge >= 0.3 is 0 Å². The van der Waals surface area contributed by atoms with Crippen LogP contribution in [0.1, 0.15) is 6.92 Å². The highest BCUT2D eigenvalue weighted by atomic mass is 35.5. The molecule has 1 unspecified atom stereocenters. The number of hydrogen-bond donors (Lipinski definition) is 0. The van der Waals surface area contributed by atoms with Crippen molar-refractivity contribution in [3.8, 4) is 0 Å². The standard InChI is InChI=1S/C10H11Cl7/c1-9(8(16)17)3-4(12)6(14)10(9,2-11)7(15)5(3)13/h3-8H,2H2,1H3/t3?,4-,5-,6+,7+,9?,10?/m0/s1. The van der Waals surface area contributed by atoms with Crippen LogP contribution in [0.2, 0.25) is 0 Å². The van der Waals surface area contributed by atoms with E-state index in [-0.39, 0.29) is 33.3 Å². The lowest BCUT2D eigenvalue weighted by Gasteiger charge is -2.44. The molecule has 0 aliphatic heterocycles. The topological polar surface area (TPSA) is 0 Å². The van der Waals surface area contributed by atoms with Crippen molar-refractivity contribution in [1.29, 1.82) is 0 Å². The van der Waals surface area contributed by atoms with Gasteiger partial charge in [0.25, 0.3) is 0 Å². The second-order valence-electron chi connectivity index (χ2n) is 4.98. The lowest BCUT2D eigenvalue weighted by molar-refractivity contribution is 0.153. The lowest BCUT2D eigenvalue weighted by atomic mass is 9.70. The van der Waals surface area contributed by atoms with Gasteiger partial charge < -0.3 is 0 Å². The van der Waals surface area contributed by atoms with Gasteiger partial charge in [-0.25, -0.2) is 0 Å². The summed E-state index contributed by atoms with van der Waals surface area (Å²) in [6.07, 6.45) is 0. The van der Waals surface area contributed by atoms with E-state index in [0.29, 0.717) is 0 Å². The molecule has 2 fully saturated rings. The average molecular weight is 379 g/mol. The summed E-state index contributed by atoms with van der Waals surface area (Å²) in [4.78, 5) is -0.666. The zero-order valence-corrected chi connectivity index (χ0v) is 14.1. The normalized spacial score (nSPS) is 58.1. The van der Waals surface area contributed by atoms with Crippen LogP contribution in [0.4, 0.5) is 0 Å². The first-order valence-corrected chi connectivity index (χ1v) is 8.32. The predicted molar refractivity (Wildman–Crippen MR) is 78.8 cm³/mol. The Morgan fingerprint density at radius 3 is 1.65 bits per heavy atom. The second-order valence-corrected chi connectivity index (χ2v) is 8.29. The summed E-state index contributed by atoms with van der Waals surface area (Å²) in [5, 5.41) is -1.40. The van der Waals surface area contributed by atoms with Crippen LogP contribution in [0.25, 0.3) is 0 Å². The highest BCUT2D eigenvalue weighted by Gasteiger charge is 2.78. The van der Waals surface area contributed by atoms with Gasteiger partial charge in [-0.15, -0.1) is 81.2 Å². The number of alkyl halides is 7. The number of fused-ring (bicyclic) bond motifs is 2. The molecule has 17 heavy (non-hydrogen) atoms. The van der Waals surface area contributed by atoms with Crippen LogP contribution < -0.4 is 0 Å². The van der Waals surface area contributed by atoms with E-state index in [1.54, 1.807) is 0 Å². The summed E-state index contributed by atoms with van der Waals surface area (Å²) < 4.78 is 0. The molecule has 5 atom stereocenters. The van der Waals surface area contributed by atoms with E-state index < -0.39 is 15.7 Å². The summed E-state index contributed by atoms with van der Waals surface area (Å²) in [7, 11) is 0. The van der Waals surface area contributed by atoms with E-state index in [0.717, 1.165) is 0 Å². The smallest absolute Gasteiger partial charge is 0.114 e. The van der Waals surface area contributed by atoms with Crippen molar-refractivity contribution in [1.82, 2.24) is 0 Å². The molecule has 0 heterocycles. The minimum absolute atomic E-state index is 0.144. The molecule has 2 saturated carbocycles. The van der Waals surface area contributed by atoms with Crippen LogP contribution in [-0.4, -0.2) is 32.2 Å². The molecule has 0 aromatic carbocycles. The molecule has 0 radical (unpaired) electrons. The van der Waals surface area contributed by atoms with Gasteiger partial charge in [0, 0.05) is 22.6 Å². The van der Waals surface area contributed by atoms with Crippen molar-refractivity contribution < 1.29 is 0 Å². The van der Waals surface area contributed by atoms with Gasteiger partial charge in [-0.1, -0.05) is 6.92 Å². The summed E-state index contributed by atoms with van der Waals surface area (Å²) in [5.74, 6) is 0.0969. The highest BCUT2D eigenvalue weighted by Crippen LogP contribution is 2.73. The average Bonchev–Trinajstić information content (AvgIpc) is 2.55. The molecule has 2 bridgehead atoms. The zero-order chi connectivity index (χ0) is 13.2. The molecule has 0 amide bonds.